The zero-order valence-electron chi connectivity index (χ0n) is 10.9. The van der Waals surface area contributed by atoms with Crippen LogP contribution in [0.1, 0.15) is 29.6 Å². The highest BCUT2D eigenvalue weighted by atomic mass is 35.5. The molecule has 0 heterocycles. The van der Waals surface area contributed by atoms with Crippen LogP contribution in [0.15, 0.2) is 17.0 Å². The van der Waals surface area contributed by atoms with Gasteiger partial charge in [-0.05, 0) is 25.0 Å². The number of carbonyl (C=O) groups is 1. The fourth-order valence-electron chi connectivity index (χ4n) is 1.52. The van der Waals surface area contributed by atoms with Crippen molar-refractivity contribution in [2.45, 2.75) is 24.2 Å². The molecule has 0 bridgehead atoms. The second-order valence-electron chi connectivity index (χ2n) is 4.13. The molecule has 0 unspecified atom stereocenters. The number of carboxylic acids is 1. The summed E-state index contributed by atoms with van der Waals surface area (Å²) >= 11 is 5.48. The molecule has 114 valence electrons. The molecule has 0 fully saturated rings. The largest absolute Gasteiger partial charge is 0.478 e. The highest BCUT2D eigenvalue weighted by Crippen LogP contribution is 2.24. The third-order valence-electron chi connectivity index (χ3n) is 2.58. The number of nitrogens with one attached hydrogen (secondary N) is 1. The van der Waals surface area contributed by atoms with Crippen molar-refractivity contribution in [3.05, 3.63) is 28.5 Å². The Morgan fingerprint density at radius 2 is 2.10 bits per heavy atom. The number of halogens is 2. The third-order valence-corrected chi connectivity index (χ3v) is 4.41. The molecule has 0 aliphatic rings. The first-order valence-electron chi connectivity index (χ1n) is 5.95. The summed E-state index contributed by atoms with van der Waals surface area (Å²) in [4.78, 5) is 10.4. The minimum absolute atomic E-state index is 0.122. The molecular formula is C13H13ClFNO4S. The van der Waals surface area contributed by atoms with Crippen LogP contribution in [-0.4, -0.2) is 26.0 Å². The van der Waals surface area contributed by atoms with E-state index in [0.29, 0.717) is 25.3 Å². The number of aromatic carboxylic acids is 1. The minimum atomic E-state index is -4.01. The number of terminal acetylenes is 1. The summed E-state index contributed by atoms with van der Waals surface area (Å²) in [6, 6.07) is 1.50. The van der Waals surface area contributed by atoms with Crippen LogP contribution in [-0.2, 0) is 10.0 Å². The molecule has 0 amide bonds. The van der Waals surface area contributed by atoms with Gasteiger partial charge in [0.05, 0.1) is 15.5 Å². The van der Waals surface area contributed by atoms with E-state index in [4.69, 9.17) is 23.1 Å². The average Bonchev–Trinajstić information content (AvgIpc) is 2.40. The summed E-state index contributed by atoms with van der Waals surface area (Å²) in [5.41, 5.74) is -0.607. The maximum Gasteiger partial charge on any atom is 0.337 e. The van der Waals surface area contributed by atoms with Crippen LogP contribution in [0.3, 0.4) is 0 Å². The van der Waals surface area contributed by atoms with Crippen molar-refractivity contribution in [3.8, 4) is 12.3 Å². The van der Waals surface area contributed by atoms with Crippen molar-refractivity contribution in [3.63, 3.8) is 0 Å². The van der Waals surface area contributed by atoms with Crippen LogP contribution in [0.25, 0.3) is 0 Å². The highest BCUT2D eigenvalue weighted by Gasteiger charge is 2.21. The van der Waals surface area contributed by atoms with Gasteiger partial charge in [0.25, 0.3) is 0 Å². The Bertz CT molecular complexity index is 682. The number of carboxylic acid groups (broad SMARTS) is 1. The van der Waals surface area contributed by atoms with Gasteiger partial charge >= 0.3 is 5.97 Å². The maximum absolute atomic E-state index is 13.5. The molecule has 0 radical (unpaired) electrons. The van der Waals surface area contributed by atoms with Crippen LogP contribution < -0.4 is 4.72 Å². The van der Waals surface area contributed by atoms with Gasteiger partial charge in [0.2, 0.25) is 10.0 Å². The van der Waals surface area contributed by atoms with Gasteiger partial charge in [0, 0.05) is 13.0 Å². The molecule has 1 rings (SSSR count). The van der Waals surface area contributed by atoms with E-state index in [-0.39, 0.29) is 6.54 Å². The molecule has 0 spiro atoms. The standard InChI is InChI=1S/C13H13ClFNO4S/c1-2-3-4-5-6-16-21(19,20)9-7-10(13(17)18)12(14)11(15)8-9/h1,7-8,16H,3-6H2,(H,17,18). The molecule has 0 saturated heterocycles. The molecule has 0 aliphatic heterocycles. The zero-order chi connectivity index (χ0) is 16.0. The van der Waals surface area contributed by atoms with Gasteiger partial charge in [-0.25, -0.2) is 22.3 Å². The average molecular weight is 334 g/mol. The number of unbranched alkanes of at least 4 members (excludes halogenated alkanes) is 2. The lowest BCUT2D eigenvalue weighted by atomic mass is 10.2. The second kappa shape index (κ2) is 7.41. The SMILES string of the molecule is C#CCCCCNS(=O)(=O)c1cc(F)c(Cl)c(C(=O)O)c1. The van der Waals surface area contributed by atoms with Crippen molar-refractivity contribution >= 4 is 27.6 Å². The summed E-state index contributed by atoms with van der Waals surface area (Å²) < 4.78 is 39.7. The van der Waals surface area contributed by atoms with E-state index >= 15 is 0 Å². The summed E-state index contributed by atoms with van der Waals surface area (Å²) in [6.45, 7) is 0.122. The smallest absolute Gasteiger partial charge is 0.337 e. The van der Waals surface area contributed by atoms with Gasteiger partial charge < -0.3 is 5.11 Å². The Kier molecular flexibility index (Phi) is 6.15. The predicted octanol–water partition coefficient (Wildman–Crippen LogP) is 2.26. The number of hydrogen-bond acceptors (Lipinski definition) is 3. The Balaban J connectivity index is 2.94. The van der Waals surface area contributed by atoms with Gasteiger partial charge in [-0.15, -0.1) is 12.3 Å². The van der Waals surface area contributed by atoms with Crippen molar-refractivity contribution in [1.82, 2.24) is 4.72 Å². The van der Waals surface area contributed by atoms with E-state index < -0.39 is 37.3 Å². The predicted molar refractivity (Wildman–Crippen MR) is 76.2 cm³/mol. The molecule has 8 heteroatoms. The van der Waals surface area contributed by atoms with E-state index in [1.165, 1.54) is 0 Å². The number of sulfonamides is 1. The number of rotatable bonds is 7. The minimum Gasteiger partial charge on any atom is -0.478 e. The van der Waals surface area contributed by atoms with Crippen LogP contribution in [0.5, 0.6) is 0 Å². The molecule has 5 nitrogen and oxygen atoms in total. The van der Waals surface area contributed by atoms with Crippen molar-refractivity contribution in [1.29, 1.82) is 0 Å². The van der Waals surface area contributed by atoms with Gasteiger partial charge in [0.1, 0.15) is 5.82 Å². The molecule has 21 heavy (non-hydrogen) atoms. The third kappa shape index (κ3) is 4.70. The van der Waals surface area contributed by atoms with E-state index in [1.54, 1.807) is 0 Å². The quantitative estimate of drug-likeness (QED) is 0.592. The van der Waals surface area contributed by atoms with Gasteiger partial charge in [-0.2, -0.15) is 0 Å². The normalized spacial score (nSPS) is 11.1. The van der Waals surface area contributed by atoms with Gasteiger partial charge in [-0.1, -0.05) is 11.6 Å². The van der Waals surface area contributed by atoms with E-state index in [1.807, 2.05) is 0 Å². The van der Waals surface area contributed by atoms with Gasteiger partial charge in [-0.3, -0.25) is 0 Å². The molecule has 1 aromatic carbocycles. The summed E-state index contributed by atoms with van der Waals surface area (Å²) in [5.74, 6) is -0.193. The van der Waals surface area contributed by atoms with Crippen molar-refractivity contribution in [2.75, 3.05) is 6.54 Å². The van der Waals surface area contributed by atoms with Crippen LogP contribution in [0, 0.1) is 18.2 Å². The fraction of sp³-hybridized carbons (Fsp3) is 0.308. The molecule has 0 atom stereocenters. The Morgan fingerprint density at radius 1 is 1.43 bits per heavy atom. The maximum atomic E-state index is 13.5. The molecule has 2 N–H and O–H groups in total. The molecule has 0 aliphatic carbocycles. The molecule has 1 aromatic rings. The number of hydrogen-bond donors (Lipinski definition) is 2. The molecule has 0 saturated carbocycles. The lowest BCUT2D eigenvalue weighted by Crippen LogP contribution is -2.25. The van der Waals surface area contributed by atoms with Crippen LogP contribution in [0.4, 0.5) is 4.39 Å². The Labute approximate surface area is 127 Å². The van der Waals surface area contributed by atoms with E-state index in [9.17, 15) is 17.6 Å². The van der Waals surface area contributed by atoms with Crippen LogP contribution in [0.2, 0.25) is 5.02 Å². The Morgan fingerprint density at radius 3 is 2.67 bits per heavy atom. The second-order valence-corrected chi connectivity index (χ2v) is 6.28. The van der Waals surface area contributed by atoms with E-state index in [0.717, 1.165) is 6.07 Å². The summed E-state index contributed by atoms with van der Waals surface area (Å²) in [6.07, 6.45) is 6.76. The van der Waals surface area contributed by atoms with E-state index in [2.05, 4.69) is 10.6 Å². The van der Waals surface area contributed by atoms with Gasteiger partial charge in [0.15, 0.2) is 0 Å². The fourth-order valence-corrected chi connectivity index (χ4v) is 2.82. The summed E-state index contributed by atoms with van der Waals surface area (Å²) in [7, 11) is -4.01. The van der Waals surface area contributed by atoms with Crippen molar-refractivity contribution < 1.29 is 22.7 Å². The first-order chi connectivity index (χ1) is 9.79. The lowest BCUT2D eigenvalue weighted by molar-refractivity contribution is 0.0696. The zero-order valence-corrected chi connectivity index (χ0v) is 12.5. The first kappa shape index (κ1) is 17.4. The van der Waals surface area contributed by atoms with Crippen LogP contribution >= 0.6 is 11.6 Å². The monoisotopic (exact) mass is 333 g/mol. The first-order valence-corrected chi connectivity index (χ1v) is 7.81. The Hall–Kier alpha value is -1.62. The highest BCUT2D eigenvalue weighted by molar-refractivity contribution is 7.89. The number of benzene rings is 1. The lowest BCUT2D eigenvalue weighted by Gasteiger charge is -2.08. The molecule has 0 aromatic heterocycles. The van der Waals surface area contributed by atoms with Crippen molar-refractivity contribution in [2.24, 2.45) is 0 Å². The molecular weight excluding hydrogens is 321 g/mol. The topological polar surface area (TPSA) is 83.5 Å². The summed E-state index contributed by atoms with van der Waals surface area (Å²) in [5, 5.41) is 8.24.